The molecule has 1 rings (SSSR count). The van der Waals surface area contributed by atoms with Crippen LogP contribution in [0.5, 0.6) is 5.75 Å². The van der Waals surface area contributed by atoms with E-state index in [4.69, 9.17) is 16.3 Å². The lowest BCUT2D eigenvalue weighted by Gasteiger charge is -2.07. The largest absolute Gasteiger partial charge is 0.478 e. The predicted octanol–water partition coefficient (Wildman–Crippen LogP) is 2.73. The molecule has 0 aliphatic carbocycles. The van der Waals surface area contributed by atoms with E-state index in [1.807, 2.05) is 24.3 Å². The lowest BCUT2D eigenvalue weighted by atomic mass is 10.1. The molecule has 0 heterocycles. The number of hydrogen-bond acceptors (Lipinski definition) is 2. The maximum Gasteiger partial charge on any atom is 0.162 e. The second kappa shape index (κ2) is 5.33. The lowest BCUT2D eigenvalue weighted by Crippen LogP contribution is -1.95. The van der Waals surface area contributed by atoms with Gasteiger partial charge in [0.2, 0.25) is 0 Å². The van der Waals surface area contributed by atoms with Crippen LogP contribution in [-0.2, 0) is 6.42 Å². The van der Waals surface area contributed by atoms with E-state index < -0.39 is 0 Å². The molecule has 0 atom stereocenters. The number of para-hydroxylation sites is 1. The van der Waals surface area contributed by atoms with Gasteiger partial charge >= 0.3 is 0 Å². The van der Waals surface area contributed by atoms with Crippen LogP contribution in [0, 0.1) is 0 Å². The molecule has 3 heteroatoms. The molecule has 1 aromatic carbocycles. The molecule has 0 aliphatic heterocycles. The highest BCUT2D eigenvalue weighted by atomic mass is 35.5. The van der Waals surface area contributed by atoms with Gasteiger partial charge in [-0.25, -0.2) is 0 Å². The number of halogens is 1. The maximum absolute atomic E-state index is 5.47. The minimum Gasteiger partial charge on any atom is -0.478 e. The first-order valence-corrected chi connectivity index (χ1v) is 4.92. The van der Waals surface area contributed by atoms with Crippen LogP contribution in [-0.4, -0.2) is 11.8 Å². The Hall–Kier alpha value is -0.340. The Labute approximate surface area is 83.1 Å². The molecule has 0 saturated carbocycles. The van der Waals surface area contributed by atoms with E-state index in [9.17, 15) is 0 Å². The summed E-state index contributed by atoms with van der Waals surface area (Å²) >= 11 is 9.63. The molecule has 0 aromatic heterocycles. The van der Waals surface area contributed by atoms with Gasteiger partial charge in [0.15, 0.2) is 6.07 Å². The van der Waals surface area contributed by atoms with E-state index in [1.165, 1.54) is 0 Å². The summed E-state index contributed by atoms with van der Waals surface area (Å²) in [6, 6.07) is 8.06. The highest BCUT2D eigenvalue weighted by Crippen LogP contribution is 2.18. The minimum atomic E-state index is 0.198. The van der Waals surface area contributed by atoms with Crippen molar-refractivity contribution in [3.05, 3.63) is 29.8 Å². The minimum absolute atomic E-state index is 0.198. The Balaban J connectivity index is 2.77. The smallest absolute Gasteiger partial charge is 0.162 e. The standard InChI is InChI=1S/C9H11ClOS/c10-7-11-9-4-2-1-3-8(9)5-6-12/h1-4,12H,5-7H2. The van der Waals surface area contributed by atoms with Crippen LogP contribution in [0.1, 0.15) is 5.56 Å². The normalized spacial score (nSPS) is 9.83. The summed E-state index contributed by atoms with van der Waals surface area (Å²) in [5.41, 5.74) is 1.16. The molecule has 0 bridgehead atoms. The van der Waals surface area contributed by atoms with E-state index in [2.05, 4.69) is 12.6 Å². The number of benzene rings is 1. The molecular weight excluding hydrogens is 192 g/mol. The average molecular weight is 203 g/mol. The summed E-state index contributed by atoms with van der Waals surface area (Å²) in [5, 5.41) is 0. The molecular formula is C9H11ClOS. The number of alkyl halides is 1. The van der Waals surface area contributed by atoms with Gasteiger partial charge in [-0.1, -0.05) is 29.8 Å². The molecule has 0 N–H and O–H groups in total. The third-order valence-electron chi connectivity index (χ3n) is 1.56. The monoisotopic (exact) mass is 202 g/mol. The topological polar surface area (TPSA) is 9.23 Å². The van der Waals surface area contributed by atoms with Crippen molar-refractivity contribution in [2.75, 3.05) is 11.8 Å². The van der Waals surface area contributed by atoms with Crippen LogP contribution in [0.3, 0.4) is 0 Å². The molecule has 0 fully saturated rings. The Bertz CT molecular complexity index is 215. The third-order valence-corrected chi connectivity index (χ3v) is 1.90. The molecule has 66 valence electrons. The van der Waals surface area contributed by atoms with Gasteiger partial charge in [0.25, 0.3) is 0 Å². The third kappa shape index (κ3) is 2.61. The Kier molecular flexibility index (Phi) is 4.33. The molecule has 0 radical (unpaired) electrons. The zero-order valence-corrected chi connectivity index (χ0v) is 8.31. The van der Waals surface area contributed by atoms with Gasteiger partial charge in [-0.15, -0.1) is 0 Å². The van der Waals surface area contributed by atoms with Gasteiger partial charge in [-0.2, -0.15) is 12.6 Å². The quantitative estimate of drug-likeness (QED) is 0.584. The van der Waals surface area contributed by atoms with Gasteiger partial charge in [0, 0.05) is 0 Å². The van der Waals surface area contributed by atoms with E-state index in [0.29, 0.717) is 0 Å². The number of ether oxygens (including phenoxy) is 1. The van der Waals surface area contributed by atoms with Crippen molar-refractivity contribution in [3.8, 4) is 5.75 Å². The van der Waals surface area contributed by atoms with Crippen molar-refractivity contribution in [1.82, 2.24) is 0 Å². The molecule has 0 aliphatic rings. The molecule has 0 spiro atoms. The van der Waals surface area contributed by atoms with Crippen molar-refractivity contribution in [3.63, 3.8) is 0 Å². The fraction of sp³-hybridized carbons (Fsp3) is 0.333. The van der Waals surface area contributed by atoms with Crippen LogP contribution in [0.25, 0.3) is 0 Å². The number of hydrogen-bond donors (Lipinski definition) is 1. The summed E-state index contributed by atoms with van der Waals surface area (Å²) < 4.78 is 5.22. The van der Waals surface area contributed by atoms with Crippen molar-refractivity contribution in [1.29, 1.82) is 0 Å². The fourth-order valence-corrected chi connectivity index (χ4v) is 1.39. The molecule has 1 nitrogen and oxygen atoms in total. The van der Waals surface area contributed by atoms with E-state index >= 15 is 0 Å². The second-order valence-corrected chi connectivity index (χ2v) is 3.00. The average Bonchev–Trinajstić information content (AvgIpc) is 2.09. The van der Waals surface area contributed by atoms with Gasteiger partial charge < -0.3 is 4.74 Å². The number of thiol groups is 1. The zero-order valence-electron chi connectivity index (χ0n) is 6.66. The Morgan fingerprint density at radius 3 is 2.75 bits per heavy atom. The highest BCUT2D eigenvalue weighted by Gasteiger charge is 1.99. The first-order valence-electron chi connectivity index (χ1n) is 3.76. The second-order valence-electron chi connectivity index (χ2n) is 2.33. The lowest BCUT2D eigenvalue weighted by molar-refractivity contribution is 0.384. The Morgan fingerprint density at radius 2 is 2.08 bits per heavy atom. The molecule has 0 amide bonds. The van der Waals surface area contributed by atoms with E-state index in [1.54, 1.807) is 0 Å². The van der Waals surface area contributed by atoms with Crippen molar-refractivity contribution >= 4 is 24.2 Å². The summed E-state index contributed by atoms with van der Waals surface area (Å²) in [4.78, 5) is 0. The van der Waals surface area contributed by atoms with E-state index in [-0.39, 0.29) is 6.07 Å². The predicted molar refractivity (Wildman–Crippen MR) is 55.3 cm³/mol. The van der Waals surface area contributed by atoms with Crippen molar-refractivity contribution in [2.24, 2.45) is 0 Å². The SMILES string of the molecule is SCCc1ccccc1OCCl. The highest BCUT2D eigenvalue weighted by molar-refractivity contribution is 7.80. The van der Waals surface area contributed by atoms with E-state index in [0.717, 1.165) is 23.5 Å². The molecule has 12 heavy (non-hydrogen) atoms. The van der Waals surface area contributed by atoms with Gasteiger partial charge in [0.05, 0.1) is 0 Å². The maximum atomic E-state index is 5.47. The number of rotatable bonds is 4. The van der Waals surface area contributed by atoms with Gasteiger partial charge in [0.1, 0.15) is 5.75 Å². The van der Waals surface area contributed by atoms with Crippen molar-refractivity contribution in [2.45, 2.75) is 6.42 Å². The summed E-state index contributed by atoms with van der Waals surface area (Å²) in [7, 11) is 0. The molecule has 0 unspecified atom stereocenters. The van der Waals surface area contributed by atoms with Crippen LogP contribution >= 0.6 is 24.2 Å². The molecule has 0 saturated heterocycles. The first-order chi connectivity index (χ1) is 5.88. The molecule has 1 aromatic rings. The Morgan fingerprint density at radius 1 is 1.33 bits per heavy atom. The van der Waals surface area contributed by atoms with Crippen LogP contribution < -0.4 is 4.74 Å². The van der Waals surface area contributed by atoms with Crippen molar-refractivity contribution < 1.29 is 4.74 Å². The van der Waals surface area contributed by atoms with Crippen LogP contribution in [0.15, 0.2) is 24.3 Å². The first kappa shape index (κ1) is 9.75. The number of aryl methyl sites for hydroxylation is 1. The van der Waals surface area contributed by atoms with Crippen LogP contribution in [0.4, 0.5) is 0 Å². The van der Waals surface area contributed by atoms with Gasteiger partial charge in [-0.3, -0.25) is 0 Å². The summed E-state index contributed by atoms with van der Waals surface area (Å²) in [6.07, 6.45) is 0.913. The summed E-state index contributed by atoms with van der Waals surface area (Å²) in [5.74, 6) is 1.68. The zero-order chi connectivity index (χ0) is 8.81. The van der Waals surface area contributed by atoms with Gasteiger partial charge in [-0.05, 0) is 23.8 Å². The van der Waals surface area contributed by atoms with Crippen LogP contribution in [0.2, 0.25) is 0 Å². The summed E-state index contributed by atoms with van der Waals surface area (Å²) in [6.45, 7) is 0. The fourth-order valence-electron chi connectivity index (χ4n) is 1.03.